The first-order chi connectivity index (χ1) is 10.6. The molecule has 2 N–H and O–H groups in total. The second-order valence-electron chi connectivity index (χ2n) is 5.47. The molecule has 1 heterocycles. The summed E-state index contributed by atoms with van der Waals surface area (Å²) in [5.74, 6) is 1.32. The van der Waals surface area contributed by atoms with Gasteiger partial charge in [0.05, 0.1) is 12.9 Å². The molecule has 1 amide bonds. The summed E-state index contributed by atoms with van der Waals surface area (Å²) in [5.41, 5.74) is 1.88. The van der Waals surface area contributed by atoms with Crippen LogP contribution in [0.15, 0.2) is 24.3 Å². The Labute approximate surface area is 147 Å². The fourth-order valence-electron chi connectivity index (χ4n) is 2.18. The Balaban J connectivity index is 0.00000264. The minimum absolute atomic E-state index is 0. The van der Waals surface area contributed by atoms with Crippen molar-refractivity contribution in [2.45, 2.75) is 12.7 Å². The first kappa shape index (κ1) is 19.8. The zero-order chi connectivity index (χ0) is 15.9. The number of halogens is 1. The van der Waals surface area contributed by atoms with Gasteiger partial charge < -0.3 is 15.4 Å². The lowest BCUT2D eigenvalue weighted by atomic mass is 9.88. The molecule has 0 bridgehead atoms. The van der Waals surface area contributed by atoms with E-state index < -0.39 is 0 Å². The van der Waals surface area contributed by atoms with Crippen LogP contribution in [0.3, 0.4) is 0 Å². The monoisotopic (exact) mass is 358 g/mol. The van der Waals surface area contributed by atoms with Crippen molar-refractivity contribution in [2.24, 2.45) is 11.8 Å². The molecule has 1 unspecified atom stereocenters. The van der Waals surface area contributed by atoms with Crippen molar-refractivity contribution in [1.82, 2.24) is 5.32 Å². The highest BCUT2D eigenvalue weighted by molar-refractivity contribution is 7.99. The number of rotatable bonds is 7. The Kier molecular flexibility index (Phi) is 8.44. The molecule has 23 heavy (non-hydrogen) atoms. The third-order valence-electron chi connectivity index (χ3n) is 3.84. The lowest BCUT2D eigenvalue weighted by Gasteiger charge is -2.31. The summed E-state index contributed by atoms with van der Waals surface area (Å²) in [6.07, 6.45) is 0. The minimum atomic E-state index is -0.225. The van der Waals surface area contributed by atoms with Crippen molar-refractivity contribution in [3.63, 3.8) is 0 Å². The van der Waals surface area contributed by atoms with E-state index >= 15 is 0 Å². The van der Waals surface area contributed by atoms with E-state index in [1.54, 1.807) is 0 Å². The Hall–Kier alpha value is -1.24. The number of methoxy groups -OCH3 is 1. The first-order valence-electron chi connectivity index (χ1n) is 7.35. The molecule has 1 aliphatic heterocycles. The summed E-state index contributed by atoms with van der Waals surface area (Å²) in [5, 5.41) is 6.16. The number of amides is 1. The zero-order valence-electron chi connectivity index (χ0n) is 13.3. The van der Waals surface area contributed by atoms with Crippen LogP contribution in [0.4, 0.5) is 5.69 Å². The zero-order valence-corrected chi connectivity index (χ0v) is 15.0. The molecule has 0 aromatic heterocycles. The fourth-order valence-corrected chi connectivity index (χ4v) is 2.99. The maximum Gasteiger partial charge on any atom is 0.315 e. The number of anilines is 1. The Morgan fingerprint density at radius 3 is 2.78 bits per heavy atom. The van der Waals surface area contributed by atoms with Gasteiger partial charge in [-0.15, -0.1) is 24.2 Å². The van der Waals surface area contributed by atoms with Gasteiger partial charge in [0.1, 0.15) is 0 Å². The maximum atomic E-state index is 12.2. The molecule has 5 nitrogen and oxygen atoms in total. The van der Waals surface area contributed by atoms with Gasteiger partial charge in [0.15, 0.2) is 0 Å². The van der Waals surface area contributed by atoms with Gasteiger partial charge in [0.2, 0.25) is 5.91 Å². The van der Waals surface area contributed by atoms with Gasteiger partial charge >= 0.3 is 5.97 Å². The average Bonchev–Trinajstić information content (AvgIpc) is 2.45. The van der Waals surface area contributed by atoms with Crippen LogP contribution in [0.5, 0.6) is 0 Å². The van der Waals surface area contributed by atoms with Crippen LogP contribution in [0, 0.1) is 11.8 Å². The topological polar surface area (TPSA) is 67.4 Å². The second-order valence-corrected chi connectivity index (χ2v) is 6.45. The number of nitrogens with one attached hydrogen (secondary N) is 2. The molecule has 7 heteroatoms. The summed E-state index contributed by atoms with van der Waals surface area (Å²) in [6, 6.07) is 7.74. The van der Waals surface area contributed by atoms with Crippen LogP contribution in [-0.4, -0.2) is 37.8 Å². The predicted octanol–water partition coefficient (Wildman–Crippen LogP) is 2.31. The van der Waals surface area contributed by atoms with Gasteiger partial charge in [-0.05, 0) is 36.7 Å². The van der Waals surface area contributed by atoms with Gasteiger partial charge in [-0.25, -0.2) is 0 Å². The third-order valence-corrected chi connectivity index (χ3v) is 4.82. The SMILES string of the molecule is COC(=O)CSCc1cccc(NC(=O)C(C)C2CNC2)c1.Cl. The average molecular weight is 359 g/mol. The summed E-state index contributed by atoms with van der Waals surface area (Å²) in [7, 11) is 1.39. The van der Waals surface area contributed by atoms with Crippen LogP contribution in [-0.2, 0) is 20.1 Å². The number of carbonyl (C=O) groups is 2. The fraction of sp³-hybridized carbons (Fsp3) is 0.500. The third kappa shape index (κ3) is 6.05. The second kappa shape index (κ2) is 9.80. The summed E-state index contributed by atoms with van der Waals surface area (Å²) in [6.45, 7) is 3.80. The van der Waals surface area contributed by atoms with Crippen molar-refractivity contribution < 1.29 is 14.3 Å². The van der Waals surface area contributed by atoms with E-state index in [-0.39, 0.29) is 30.2 Å². The molecule has 1 aromatic rings. The molecule has 0 spiro atoms. The molecule has 1 fully saturated rings. The number of ether oxygens (including phenoxy) is 1. The number of benzene rings is 1. The van der Waals surface area contributed by atoms with Gasteiger partial charge in [-0.3, -0.25) is 9.59 Å². The molecule has 2 rings (SSSR count). The molecule has 0 radical (unpaired) electrons. The Bertz CT molecular complexity index is 538. The molecule has 1 atom stereocenters. The highest BCUT2D eigenvalue weighted by Crippen LogP contribution is 2.20. The van der Waals surface area contributed by atoms with Gasteiger partial charge in [-0.1, -0.05) is 19.1 Å². The smallest absolute Gasteiger partial charge is 0.315 e. The van der Waals surface area contributed by atoms with Crippen molar-refractivity contribution in [2.75, 3.05) is 31.3 Å². The van der Waals surface area contributed by atoms with E-state index in [9.17, 15) is 9.59 Å². The van der Waals surface area contributed by atoms with E-state index in [2.05, 4.69) is 15.4 Å². The first-order valence-corrected chi connectivity index (χ1v) is 8.50. The molecular formula is C16H23ClN2O3S. The number of esters is 1. The van der Waals surface area contributed by atoms with Crippen LogP contribution in [0.1, 0.15) is 12.5 Å². The molecule has 1 aliphatic rings. The quantitative estimate of drug-likeness (QED) is 0.732. The Morgan fingerprint density at radius 2 is 2.17 bits per heavy atom. The molecule has 0 aliphatic carbocycles. The van der Waals surface area contributed by atoms with E-state index in [0.717, 1.165) is 24.3 Å². The van der Waals surface area contributed by atoms with Crippen molar-refractivity contribution in [3.05, 3.63) is 29.8 Å². The van der Waals surface area contributed by atoms with Crippen LogP contribution >= 0.6 is 24.2 Å². The van der Waals surface area contributed by atoms with Crippen LogP contribution < -0.4 is 10.6 Å². The predicted molar refractivity (Wildman–Crippen MR) is 96.0 cm³/mol. The van der Waals surface area contributed by atoms with Crippen LogP contribution in [0.2, 0.25) is 0 Å². The highest BCUT2D eigenvalue weighted by atomic mass is 35.5. The van der Waals surface area contributed by atoms with Crippen molar-refractivity contribution >= 4 is 41.7 Å². The van der Waals surface area contributed by atoms with Crippen molar-refractivity contribution in [1.29, 1.82) is 0 Å². The number of thioether (sulfide) groups is 1. The Morgan fingerprint density at radius 1 is 1.43 bits per heavy atom. The number of hydrogen-bond acceptors (Lipinski definition) is 5. The van der Waals surface area contributed by atoms with Gasteiger partial charge in [-0.2, -0.15) is 0 Å². The lowest BCUT2D eigenvalue weighted by molar-refractivity contribution is -0.137. The lowest BCUT2D eigenvalue weighted by Crippen LogP contribution is -2.48. The summed E-state index contributed by atoms with van der Waals surface area (Å²) in [4.78, 5) is 23.3. The van der Waals surface area contributed by atoms with Gasteiger partial charge in [0, 0.05) is 17.4 Å². The molecule has 1 aromatic carbocycles. The number of hydrogen-bond donors (Lipinski definition) is 2. The summed E-state index contributed by atoms with van der Waals surface area (Å²) >= 11 is 1.50. The number of carbonyl (C=O) groups excluding carboxylic acids is 2. The standard InChI is InChI=1S/C16H22N2O3S.ClH/c1-11(13-7-17-8-13)16(20)18-14-5-3-4-12(6-14)9-22-10-15(19)21-2;/h3-6,11,13,17H,7-10H2,1-2H3,(H,18,20);1H. The van der Waals surface area contributed by atoms with E-state index in [0.29, 0.717) is 17.4 Å². The highest BCUT2D eigenvalue weighted by Gasteiger charge is 2.28. The van der Waals surface area contributed by atoms with Crippen LogP contribution in [0.25, 0.3) is 0 Å². The van der Waals surface area contributed by atoms with E-state index in [4.69, 9.17) is 0 Å². The molecule has 128 valence electrons. The van der Waals surface area contributed by atoms with Crippen molar-refractivity contribution in [3.8, 4) is 0 Å². The largest absolute Gasteiger partial charge is 0.468 e. The van der Waals surface area contributed by atoms with Gasteiger partial charge in [0.25, 0.3) is 0 Å². The molecule has 0 saturated carbocycles. The van der Waals surface area contributed by atoms with E-state index in [1.165, 1.54) is 18.9 Å². The van der Waals surface area contributed by atoms with E-state index in [1.807, 2.05) is 31.2 Å². The summed E-state index contributed by atoms with van der Waals surface area (Å²) < 4.78 is 4.61. The molecular weight excluding hydrogens is 336 g/mol. The normalized spacial score (nSPS) is 15.0. The maximum absolute atomic E-state index is 12.2. The minimum Gasteiger partial charge on any atom is -0.468 e. The molecule has 1 saturated heterocycles.